The van der Waals surface area contributed by atoms with Gasteiger partial charge in [0.2, 0.25) is 0 Å². The highest BCUT2D eigenvalue weighted by atomic mass is 35.5. The van der Waals surface area contributed by atoms with Crippen LogP contribution in [0.3, 0.4) is 0 Å². The van der Waals surface area contributed by atoms with Crippen molar-refractivity contribution in [3.63, 3.8) is 0 Å². The Morgan fingerprint density at radius 1 is 1.18 bits per heavy atom. The van der Waals surface area contributed by atoms with Crippen molar-refractivity contribution in [2.75, 3.05) is 18.9 Å². The Hall–Kier alpha value is -1.95. The Bertz CT molecular complexity index is 662. The molecule has 1 amide bonds. The molecular formula is C26H51ClN4O2. The first-order chi connectivity index (χ1) is 15.6. The van der Waals surface area contributed by atoms with E-state index in [4.69, 9.17) is 16.3 Å². The minimum atomic E-state index is -0.391. The van der Waals surface area contributed by atoms with Crippen LogP contribution in [0.15, 0.2) is 17.6 Å². The standard InChI is InChI=1S/C14H22ClN3.C8H17NO2.2C2H6/c1-5-7-8-9-18-12(6-2)10-11(3)13(18)17-14(15)16-4;1-5-6-9-7(10)11-8(2,3)4;2*1-2/h6,10H,2,5,7-9H2,1,3-4H3,(H,16,17);5-6H2,1-4H3,(H,9,10);2*1-2H3. The zero-order valence-corrected chi connectivity index (χ0v) is 23.9. The summed E-state index contributed by atoms with van der Waals surface area (Å²) in [6.45, 7) is 25.3. The van der Waals surface area contributed by atoms with Gasteiger partial charge in [-0.25, -0.2) is 4.79 Å². The minimum absolute atomic E-state index is 0.334. The van der Waals surface area contributed by atoms with Crippen LogP contribution in [-0.4, -0.2) is 35.1 Å². The van der Waals surface area contributed by atoms with E-state index in [1.54, 1.807) is 7.05 Å². The van der Waals surface area contributed by atoms with Crippen LogP contribution in [0.4, 0.5) is 10.6 Å². The molecule has 194 valence electrons. The number of halogens is 1. The van der Waals surface area contributed by atoms with Crippen LogP contribution < -0.4 is 10.6 Å². The molecule has 0 bridgehead atoms. The van der Waals surface area contributed by atoms with Gasteiger partial charge >= 0.3 is 6.09 Å². The Morgan fingerprint density at radius 3 is 2.18 bits per heavy atom. The lowest BCUT2D eigenvalue weighted by atomic mass is 10.2. The van der Waals surface area contributed by atoms with Gasteiger partial charge in [0.15, 0.2) is 5.29 Å². The Morgan fingerprint density at radius 2 is 1.76 bits per heavy atom. The summed E-state index contributed by atoms with van der Waals surface area (Å²) in [4.78, 5) is 14.8. The van der Waals surface area contributed by atoms with Crippen molar-refractivity contribution >= 4 is 34.9 Å². The maximum Gasteiger partial charge on any atom is 0.407 e. The van der Waals surface area contributed by atoms with Gasteiger partial charge in [0, 0.05) is 25.8 Å². The molecule has 0 aliphatic carbocycles. The third-order valence-corrected chi connectivity index (χ3v) is 4.11. The van der Waals surface area contributed by atoms with Crippen LogP contribution in [-0.2, 0) is 11.3 Å². The summed E-state index contributed by atoms with van der Waals surface area (Å²) in [7, 11) is 1.67. The van der Waals surface area contributed by atoms with E-state index < -0.39 is 5.60 Å². The molecule has 0 unspecified atom stereocenters. The van der Waals surface area contributed by atoms with Gasteiger partial charge in [-0.3, -0.25) is 4.99 Å². The summed E-state index contributed by atoms with van der Waals surface area (Å²) in [5, 5.41) is 6.17. The second-order valence-electron chi connectivity index (χ2n) is 7.73. The molecule has 0 saturated heterocycles. The third kappa shape index (κ3) is 18.2. The maximum atomic E-state index is 10.9. The molecule has 1 aromatic heterocycles. The average Bonchev–Trinajstić information content (AvgIpc) is 3.09. The fourth-order valence-electron chi connectivity index (χ4n) is 2.50. The number of amides is 1. The van der Waals surface area contributed by atoms with Crippen LogP contribution >= 0.6 is 11.6 Å². The number of aromatic nitrogens is 1. The number of aliphatic imine (C=N–C) groups is 1. The number of aryl methyl sites for hydroxylation is 1. The van der Waals surface area contributed by atoms with Crippen LogP contribution in [0.1, 0.15) is 99.3 Å². The smallest absolute Gasteiger partial charge is 0.407 e. The van der Waals surface area contributed by atoms with Crippen LogP contribution in [0, 0.1) is 6.92 Å². The zero-order valence-electron chi connectivity index (χ0n) is 23.2. The van der Waals surface area contributed by atoms with Gasteiger partial charge in [0.05, 0.1) is 0 Å². The van der Waals surface area contributed by atoms with E-state index in [0.29, 0.717) is 11.8 Å². The fourth-order valence-corrected chi connectivity index (χ4v) is 2.59. The molecule has 2 N–H and O–H groups in total. The molecule has 1 rings (SSSR count). The number of unbranched alkanes of at least 4 members (excludes halogenated alkanes) is 2. The molecule has 0 fully saturated rings. The predicted molar refractivity (Wildman–Crippen MR) is 149 cm³/mol. The fraction of sp³-hybridized carbons (Fsp3) is 0.692. The topological polar surface area (TPSA) is 67.7 Å². The van der Waals surface area contributed by atoms with E-state index in [9.17, 15) is 4.79 Å². The Labute approximate surface area is 209 Å². The highest BCUT2D eigenvalue weighted by molar-refractivity contribution is 6.67. The number of nitrogens with zero attached hydrogens (tertiary/aromatic N) is 2. The molecule has 0 spiro atoms. The van der Waals surface area contributed by atoms with Crippen molar-refractivity contribution < 1.29 is 9.53 Å². The second kappa shape index (κ2) is 21.9. The van der Waals surface area contributed by atoms with Crippen LogP contribution in [0.5, 0.6) is 0 Å². The largest absolute Gasteiger partial charge is 0.444 e. The molecule has 0 aromatic carbocycles. The molecule has 0 radical (unpaired) electrons. The number of carbonyl (C=O) groups excluding carboxylic acids is 1. The first kappa shape index (κ1) is 35.6. The van der Waals surface area contributed by atoms with Crippen LogP contribution in [0.2, 0.25) is 0 Å². The van der Waals surface area contributed by atoms with Crippen molar-refractivity contribution in [1.82, 2.24) is 9.88 Å². The monoisotopic (exact) mass is 486 g/mol. The molecule has 33 heavy (non-hydrogen) atoms. The molecular weight excluding hydrogens is 436 g/mol. The number of ether oxygens (including phenoxy) is 1. The van der Waals surface area contributed by atoms with Gasteiger partial charge in [-0.2, -0.15) is 0 Å². The number of hydrogen-bond acceptors (Lipinski definition) is 3. The molecule has 1 aromatic rings. The third-order valence-electron chi connectivity index (χ3n) is 3.85. The van der Waals surface area contributed by atoms with E-state index in [0.717, 1.165) is 36.5 Å². The molecule has 0 aliphatic rings. The quantitative estimate of drug-likeness (QED) is 0.168. The van der Waals surface area contributed by atoms with Crippen molar-refractivity contribution in [3.05, 3.63) is 23.9 Å². The van der Waals surface area contributed by atoms with Gasteiger partial charge in [0.1, 0.15) is 11.4 Å². The Balaban J connectivity index is -0.000000516. The average molecular weight is 487 g/mol. The Kier molecular flexibility index (Phi) is 23.6. The lowest BCUT2D eigenvalue weighted by Gasteiger charge is -2.19. The van der Waals surface area contributed by atoms with E-state index in [1.165, 1.54) is 12.8 Å². The first-order valence-corrected chi connectivity index (χ1v) is 12.7. The molecule has 7 heteroatoms. The molecule has 0 saturated carbocycles. The predicted octanol–water partition coefficient (Wildman–Crippen LogP) is 8.24. The summed E-state index contributed by atoms with van der Waals surface area (Å²) in [6, 6.07) is 2.11. The molecule has 1 heterocycles. The maximum absolute atomic E-state index is 10.9. The summed E-state index contributed by atoms with van der Waals surface area (Å²) >= 11 is 5.96. The van der Waals surface area contributed by atoms with Gasteiger partial charge in [-0.15, -0.1) is 0 Å². The number of nitrogens with one attached hydrogen (secondary N) is 2. The summed E-state index contributed by atoms with van der Waals surface area (Å²) < 4.78 is 7.20. The number of alkyl carbamates (subject to hydrolysis) is 1. The van der Waals surface area contributed by atoms with Crippen molar-refractivity contribution in [2.24, 2.45) is 4.99 Å². The van der Waals surface area contributed by atoms with E-state index in [1.807, 2.05) is 61.5 Å². The number of rotatable bonds is 8. The van der Waals surface area contributed by atoms with Gasteiger partial charge in [0.25, 0.3) is 0 Å². The lowest BCUT2D eigenvalue weighted by molar-refractivity contribution is 0.0528. The molecule has 0 atom stereocenters. The van der Waals surface area contributed by atoms with Gasteiger partial charge in [-0.1, -0.05) is 61.0 Å². The van der Waals surface area contributed by atoms with E-state index in [2.05, 4.69) is 46.7 Å². The second-order valence-corrected chi connectivity index (χ2v) is 8.09. The highest BCUT2D eigenvalue weighted by Gasteiger charge is 2.15. The van der Waals surface area contributed by atoms with Crippen molar-refractivity contribution in [1.29, 1.82) is 0 Å². The first-order valence-electron chi connectivity index (χ1n) is 12.3. The summed E-state index contributed by atoms with van der Waals surface area (Å²) in [6.07, 6.45) is 6.06. The van der Waals surface area contributed by atoms with E-state index >= 15 is 0 Å². The SMILES string of the molecule is C=Cc1cc(C)c(NC(Cl)=NC)n1CCCCC.CC.CC.CCCNC(=O)OC(C)(C)C. The number of anilines is 1. The van der Waals surface area contributed by atoms with Crippen molar-refractivity contribution in [2.45, 2.75) is 107 Å². The minimum Gasteiger partial charge on any atom is -0.444 e. The molecule has 0 aliphatic heterocycles. The van der Waals surface area contributed by atoms with Crippen molar-refractivity contribution in [3.8, 4) is 0 Å². The van der Waals surface area contributed by atoms with Gasteiger partial charge in [-0.05, 0) is 69.8 Å². The zero-order chi connectivity index (χ0) is 26.4. The highest BCUT2D eigenvalue weighted by Crippen LogP contribution is 2.23. The number of carbonyl (C=O) groups is 1. The molecule has 6 nitrogen and oxygen atoms in total. The van der Waals surface area contributed by atoms with Crippen LogP contribution in [0.25, 0.3) is 6.08 Å². The summed E-state index contributed by atoms with van der Waals surface area (Å²) in [5.74, 6) is 1.01. The summed E-state index contributed by atoms with van der Waals surface area (Å²) in [5.41, 5.74) is 1.88. The number of hydrogen-bond donors (Lipinski definition) is 2. The van der Waals surface area contributed by atoms with E-state index in [-0.39, 0.29) is 6.09 Å². The normalized spacial score (nSPS) is 10.4. The number of amidine groups is 1. The lowest BCUT2D eigenvalue weighted by Crippen LogP contribution is -2.32. The van der Waals surface area contributed by atoms with Gasteiger partial charge < -0.3 is 19.9 Å².